The molecule has 1 aromatic carbocycles. The molecule has 24 heavy (non-hydrogen) atoms. The first kappa shape index (κ1) is 16.5. The molecule has 0 fully saturated rings. The van der Waals surface area contributed by atoms with Gasteiger partial charge in [0.2, 0.25) is 5.78 Å². The summed E-state index contributed by atoms with van der Waals surface area (Å²) in [5, 5.41) is 4.46. The predicted molar refractivity (Wildman–Crippen MR) is 89.6 cm³/mol. The standard InChI is InChI=1S/C17H11F2NO2S2/c18-12-5-3-10(8-13(12)19)17(22)20-9-11-4-6-15(24-11)16(21)14-2-1-7-23-14/h1-8H,9H2,(H,20,22). The van der Waals surface area contributed by atoms with Crippen molar-refractivity contribution in [3.05, 3.63) is 79.7 Å². The van der Waals surface area contributed by atoms with Gasteiger partial charge in [-0.05, 0) is 41.8 Å². The summed E-state index contributed by atoms with van der Waals surface area (Å²) in [4.78, 5) is 26.2. The van der Waals surface area contributed by atoms with Crippen LogP contribution in [0.2, 0.25) is 0 Å². The zero-order valence-corrected chi connectivity index (χ0v) is 13.8. The minimum atomic E-state index is -1.07. The average Bonchev–Trinajstić information content (AvgIpc) is 3.26. The zero-order valence-electron chi connectivity index (χ0n) is 12.2. The molecule has 2 heterocycles. The minimum Gasteiger partial charge on any atom is -0.347 e. The molecule has 0 unspecified atom stereocenters. The normalized spacial score (nSPS) is 10.6. The van der Waals surface area contributed by atoms with Crippen LogP contribution >= 0.6 is 22.7 Å². The van der Waals surface area contributed by atoms with E-state index in [1.807, 2.05) is 11.4 Å². The summed E-state index contributed by atoms with van der Waals surface area (Å²) in [7, 11) is 0. The first-order chi connectivity index (χ1) is 11.5. The number of nitrogens with one attached hydrogen (secondary N) is 1. The second-order valence-corrected chi connectivity index (χ2v) is 7.00. The number of ketones is 1. The number of carbonyl (C=O) groups is 2. The summed E-state index contributed by atoms with van der Waals surface area (Å²) in [5.41, 5.74) is 0.0420. The Morgan fingerprint density at radius 1 is 1.00 bits per heavy atom. The fourth-order valence-corrected chi connectivity index (χ4v) is 3.68. The van der Waals surface area contributed by atoms with Gasteiger partial charge in [0.05, 0.1) is 16.3 Å². The van der Waals surface area contributed by atoms with E-state index in [-0.39, 0.29) is 17.9 Å². The molecule has 0 atom stereocenters. The molecule has 3 rings (SSSR count). The van der Waals surface area contributed by atoms with Gasteiger partial charge in [0.15, 0.2) is 11.6 Å². The molecule has 3 aromatic rings. The molecule has 0 aliphatic heterocycles. The molecule has 7 heteroatoms. The molecule has 0 bridgehead atoms. The molecule has 3 nitrogen and oxygen atoms in total. The van der Waals surface area contributed by atoms with Gasteiger partial charge in [-0.1, -0.05) is 6.07 Å². The van der Waals surface area contributed by atoms with E-state index in [0.717, 1.165) is 17.0 Å². The number of hydrogen-bond acceptors (Lipinski definition) is 4. The van der Waals surface area contributed by atoms with Crippen LogP contribution in [-0.4, -0.2) is 11.7 Å². The van der Waals surface area contributed by atoms with Crippen molar-refractivity contribution < 1.29 is 18.4 Å². The van der Waals surface area contributed by atoms with Gasteiger partial charge in [-0.3, -0.25) is 9.59 Å². The van der Waals surface area contributed by atoms with Crippen molar-refractivity contribution in [2.24, 2.45) is 0 Å². The van der Waals surface area contributed by atoms with E-state index in [9.17, 15) is 18.4 Å². The van der Waals surface area contributed by atoms with Crippen LogP contribution in [0.5, 0.6) is 0 Å². The molecule has 2 aromatic heterocycles. The summed E-state index contributed by atoms with van der Waals surface area (Å²) in [6.45, 7) is 0.209. The van der Waals surface area contributed by atoms with Crippen LogP contribution in [-0.2, 0) is 6.54 Å². The van der Waals surface area contributed by atoms with Crippen molar-refractivity contribution in [3.8, 4) is 0 Å². The number of hydrogen-bond donors (Lipinski definition) is 1. The number of rotatable bonds is 5. The highest BCUT2D eigenvalue weighted by Gasteiger charge is 2.14. The topological polar surface area (TPSA) is 46.2 Å². The minimum absolute atomic E-state index is 0.0420. The molecule has 0 aliphatic rings. The van der Waals surface area contributed by atoms with E-state index >= 15 is 0 Å². The van der Waals surface area contributed by atoms with Gasteiger partial charge in [0.25, 0.3) is 5.91 Å². The largest absolute Gasteiger partial charge is 0.347 e. The van der Waals surface area contributed by atoms with E-state index in [4.69, 9.17) is 0 Å². The Morgan fingerprint density at radius 3 is 2.54 bits per heavy atom. The van der Waals surface area contributed by atoms with E-state index in [1.54, 1.807) is 18.2 Å². The van der Waals surface area contributed by atoms with Crippen molar-refractivity contribution >= 4 is 34.4 Å². The fourth-order valence-electron chi connectivity index (χ4n) is 2.03. The van der Waals surface area contributed by atoms with Crippen LogP contribution in [0.4, 0.5) is 8.78 Å². The third kappa shape index (κ3) is 3.58. The maximum atomic E-state index is 13.1. The van der Waals surface area contributed by atoms with Crippen molar-refractivity contribution in [2.45, 2.75) is 6.54 Å². The maximum absolute atomic E-state index is 13.1. The molecule has 1 N–H and O–H groups in total. The smallest absolute Gasteiger partial charge is 0.251 e. The Bertz CT molecular complexity index is 888. The van der Waals surface area contributed by atoms with Gasteiger partial charge in [0, 0.05) is 10.4 Å². The Morgan fingerprint density at radius 2 is 1.83 bits per heavy atom. The fraction of sp³-hybridized carbons (Fsp3) is 0.0588. The van der Waals surface area contributed by atoms with Crippen molar-refractivity contribution in [1.29, 1.82) is 0 Å². The van der Waals surface area contributed by atoms with Gasteiger partial charge in [-0.15, -0.1) is 22.7 Å². The molecule has 0 spiro atoms. The van der Waals surface area contributed by atoms with Crippen molar-refractivity contribution in [2.75, 3.05) is 0 Å². The summed E-state index contributed by atoms with van der Waals surface area (Å²) in [6, 6.07) is 10.0. The summed E-state index contributed by atoms with van der Waals surface area (Å²) in [5.74, 6) is -2.62. The lowest BCUT2D eigenvalue weighted by Gasteiger charge is -2.04. The summed E-state index contributed by atoms with van der Waals surface area (Å²) >= 11 is 2.66. The number of benzene rings is 1. The van der Waals surface area contributed by atoms with Gasteiger partial charge >= 0.3 is 0 Å². The molecular formula is C17H11F2NO2S2. The number of halogens is 2. The molecule has 0 radical (unpaired) electrons. The van der Waals surface area contributed by atoms with Crippen LogP contribution in [0.1, 0.15) is 29.8 Å². The van der Waals surface area contributed by atoms with E-state index in [1.165, 1.54) is 28.7 Å². The zero-order chi connectivity index (χ0) is 17.1. The molecule has 0 saturated carbocycles. The predicted octanol–water partition coefficient (Wildman–Crippen LogP) is 4.25. The van der Waals surface area contributed by atoms with Crippen molar-refractivity contribution in [3.63, 3.8) is 0 Å². The molecule has 1 amide bonds. The number of amides is 1. The monoisotopic (exact) mass is 363 g/mol. The quantitative estimate of drug-likeness (QED) is 0.689. The van der Waals surface area contributed by atoms with E-state index in [2.05, 4.69) is 5.32 Å². The second kappa shape index (κ2) is 7.02. The van der Waals surface area contributed by atoms with E-state index in [0.29, 0.717) is 9.75 Å². The lowest BCUT2D eigenvalue weighted by atomic mass is 10.2. The van der Waals surface area contributed by atoms with Crippen LogP contribution in [0.25, 0.3) is 0 Å². The van der Waals surface area contributed by atoms with Gasteiger partial charge in [0.1, 0.15) is 0 Å². The van der Waals surface area contributed by atoms with Crippen LogP contribution < -0.4 is 5.32 Å². The second-order valence-electron chi connectivity index (χ2n) is 4.88. The SMILES string of the molecule is O=C(NCc1ccc(C(=O)c2cccs2)s1)c1ccc(F)c(F)c1. The Kier molecular flexibility index (Phi) is 4.82. The highest BCUT2D eigenvalue weighted by Crippen LogP contribution is 2.22. The Labute approximate surface area is 144 Å². The first-order valence-corrected chi connectivity index (χ1v) is 8.64. The van der Waals surface area contributed by atoms with Crippen LogP contribution in [0.15, 0.2) is 47.8 Å². The van der Waals surface area contributed by atoms with Gasteiger partial charge in [-0.2, -0.15) is 0 Å². The third-order valence-electron chi connectivity index (χ3n) is 3.24. The van der Waals surface area contributed by atoms with Crippen LogP contribution in [0.3, 0.4) is 0 Å². The average molecular weight is 363 g/mol. The van der Waals surface area contributed by atoms with Crippen molar-refractivity contribution in [1.82, 2.24) is 5.32 Å². The highest BCUT2D eigenvalue weighted by molar-refractivity contribution is 7.16. The summed E-state index contributed by atoms with van der Waals surface area (Å²) in [6.07, 6.45) is 0. The number of carbonyl (C=O) groups excluding carboxylic acids is 2. The lowest BCUT2D eigenvalue weighted by Crippen LogP contribution is -2.22. The third-order valence-corrected chi connectivity index (χ3v) is 5.19. The number of thiophene rings is 2. The van der Waals surface area contributed by atoms with Gasteiger partial charge in [-0.25, -0.2) is 8.78 Å². The lowest BCUT2D eigenvalue weighted by molar-refractivity contribution is 0.0950. The highest BCUT2D eigenvalue weighted by atomic mass is 32.1. The summed E-state index contributed by atoms with van der Waals surface area (Å²) < 4.78 is 26.0. The molecule has 0 aliphatic carbocycles. The first-order valence-electron chi connectivity index (χ1n) is 6.95. The maximum Gasteiger partial charge on any atom is 0.251 e. The van der Waals surface area contributed by atoms with Gasteiger partial charge < -0.3 is 5.32 Å². The van der Waals surface area contributed by atoms with E-state index < -0.39 is 17.5 Å². The molecule has 122 valence electrons. The Hall–Kier alpha value is -2.38. The van der Waals surface area contributed by atoms with Crippen LogP contribution in [0, 0.1) is 11.6 Å². The molecular weight excluding hydrogens is 352 g/mol. The molecule has 0 saturated heterocycles. The Balaban J connectivity index is 1.64.